The third kappa shape index (κ3) is 3.60. The second kappa shape index (κ2) is 7.31. The van der Waals surface area contributed by atoms with Crippen molar-refractivity contribution in [3.05, 3.63) is 66.0 Å². The number of nitrogens with zero attached hydrogens (tertiary/aromatic N) is 1. The van der Waals surface area contributed by atoms with E-state index in [9.17, 15) is 9.36 Å². The van der Waals surface area contributed by atoms with E-state index >= 15 is 0 Å². The van der Waals surface area contributed by atoms with E-state index in [4.69, 9.17) is 9.05 Å². The van der Waals surface area contributed by atoms with Gasteiger partial charge in [-0.05, 0) is 17.7 Å². The summed E-state index contributed by atoms with van der Waals surface area (Å²) in [6.07, 6.45) is 3.03. The lowest BCUT2D eigenvalue weighted by molar-refractivity contribution is 0.0940. The monoisotopic (exact) mass is 320 g/mol. The van der Waals surface area contributed by atoms with Gasteiger partial charge in [0.25, 0.3) is 5.91 Å². The van der Waals surface area contributed by atoms with Gasteiger partial charge in [0.2, 0.25) is 0 Å². The fourth-order valence-corrected chi connectivity index (χ4v) is 3.36. The molecule has 0 aliphatic rings. The average molecular weight is 320 g/mol. The number of nitrogens with one attached hydrogen (secondary N) is 1. The molecule has 1 unspecified atom stereocenters. The van der Waals surface area contributed by atoms with Gasteiger partial charge >= 0.3 is 7.60 Å². The fraction of sp³-hybridized carbons (Fsp3) is 0.200. The lowest BCUT2D eigenvalue weighted by Crippen LogP contribution is -2.29. The van der Waals surface area contributed by atoms with Gasteiger partial charge in [-0.15, -0.1) is 0 Å². The highest BCUT2D eigenvalue weighted by Crippen LogP contribution is 2.58. The molecule has 1 aromatic carbocycles. The zero-order valence-electron chi connectivity index (χ0n) is 12.3. The lowest BCUT2D eigenvalue weighted by atomic mass is 10.2. The minimum Gasteiger partial charge on any atom is -0.334 e. The van der Waals surface area contributed by atoms with Gasteiger partial charge in [0.1, 0.15) is 0 Å². The molecule has 22 heavy (non-hydrogen) atoms. The van der Waals surface area contributed by atoms with E-state index in [0.29, 0.717) is 11.1 Å². The van der Waals surface area contributed by atoms with Crippen molar-refractivity contribution in [3.8, 4) is 0 Å². The Kier molecular flexibility index (Phi) is 5.44. The van der Waals surface area contributed by atoms with E-state index in [1.54, 1.807) is 36.4 Å². The highest BCUT2D eigenvalue weighted by molar-refractivity contribution is 7.54. The minimum atomic E-state index is -3.54. The molecule has 0 saturated carbocycles. The van der Waals surface area contributed by atoms with Crippen molar-refractivity contribution in [3.63, 3.8) is 0 Å². The molecule has 1 amide bonds. The molecular formula is C15H17N2O4P. The molecule has 0 aliphatic heterocycles. The number of carbonyl (C=O) groups is 1. The molecule has 0 radical (unpaired) electrons. The van der Waals surface area contributed by atoms with E-state index in [0.717, 1.165) is 0 Å². The normalized spacial score (nSPS) is 12.6. The highest BCUT2D eigenvalue weighted by atomic mass is 31.2. The number of hydrogen-bond donors (Lipinski definition) is 1. The van der Waals surface area contributed by atoms with Crippen LogP contribution in [0.25, 0.3) is 0 Å². The Morgan fingerprint density at radius 3 is 2.23 bits per heavy atom. The number of rotatable bonds is 6. The molecule has 1 heterocycles. The Morgan fingerprint density at radius 2 is 1.68 bits per heavy atom. The quantitative estimate of drug-likeness (QED) is 0.828. The molecule has 0 bridgehead atoms. The maximum atomic E-state index is 12.7. The molecule has 7 heteroatoms. The molecule has 1 aromatic heterocycles. The summed E-state index contributed by atoms with van der Waals surface area (Å²) in [6, 6.07) is 12.1. The number of pyridine rings is 1. The van der Waals surface area contributed by atoms with Crippen molar-refractivity contribution in [1.29, 1.82) is 0 Å². The summed E-state index contributed by atoms with van der Waals surface area (Å²) in [7, 11) is -0.954. The van der Waals surface area contributed by atoms with Gasteiger partial charge in [0, 0.05) is 32.2 Å². The van der Waals surface area contributed by atoms with Gasteiger partial charge in [0.15, 0.2) is 5.78 Å². The average Bonchev–Trinajstić information content (AvgIpc) is 2.60. The Labute approximate surface area is 129 Å². The van der Waals surface area contributed by atoms with Crippen LogP contribution in [0.2, 0.25) is 0 Å². The van der Waals surface area contributed by atoms with Gasteiger partial charge < -0.3 is 14.4 Å². The third-order valence-electron chi connectivity index (χ3n) is 3.15. The van der Waals surface area contributed by atoms with Crippen molar-refractivity contribution in [1.82, 2.24) is 10.3 Å². The first-order valence-electron chi connectivity index (χ1n) is 6.57. The van der Waals surface area contributed by atoms with Crippen LogP contribution < -0.4 is 5.32 Å². The predicted molar refractivity (Wildman–Crippen MR) is 82.5 cm³/mol. The second-order valence-electron chi connectivity index (χ2n) is 4.43. The summed E-state index contributed by atoms with van der Waals surface area (Å²) in [5.41, 5.74) is 1.05. The number of carbonyl (C=O) groups excluding carboxylic acids is 1. The largest absolute Gasteiger partial charge is 0.356 e. The Morgan fingerprint density at radius 1 is 1.09 bits per heavy atom. The number of aromatic nitrogens is 1. The van der Waals surface area contributed by atoms with Crippen molar-refractivity contribution in [2.45, 2.75) is 5.78 Å². The number of amides is 1. The fourth-order valence-electron chi connectivity index (χ4n) is 1.98. The predicted octanol–water partition coefficient (Wildman–Crippen LogP) is 3.00. The van der Waals surface area contributed by atoms with Gasteiger partial charge in [-0.25, -0.2) is 0 Å². The standard InChI is InChI=1S/C15H17N2O4P/c1-20-22(19,21-2)15(13-6-4-3-5-7-13)17-14(18)12-8-10-16-11-9-12/h3-11,15H,1-2H3,(H,17,18). The molecule has 116 valence electrons. The Balaban J connectivity index is 2.34. The maximum Gasteiger partial charge on any atom is 0.356 e. The van der Waals surface area contributed by atoms with Crippen LogP contribution >= 0.6 is 7.60 Å². The van der Waals surface area contributed by atoms with Crippen LogP contribution in [-0.4, -0.2) is 25.1 Å². The Hall–Kier alpha value is -2.01. The summed E-state index contributed by atoms with van der Waals surface area (Å²) in [5, 5.41) is 2.71. The third-order valence-corrected chi connectivity index (χ3v) is 5.23. The summed E-state index contributed by atoms with van der Waals surface area (Å²) in [5.74, 6) is -1.28. The molecule has 1 atom stereocenters. The topological polar surface area (TPSA) is 77.5 Å². The number of benzene rings is 1. The van der Waals surface area contributed by atoms with Gasteiger partial charge in [-0.3, -0.25) is 14.3 Å². The zero-order chi connectivity index (χ0) is 16.0. The van der Waals surface area contributed by atoms with Crippen LogP contribution in [0.1, 0.15) is 21.7 Å². The van der Waals surface area contributed by atoms with Crippen LogP contribution in [0.4, 0.5) is 0 Å². The van der Waals surface area contributed by atoms with E-state index in [2.05, 4.69) is 10.3 Å². The van der Waals surface area contributed by atoms with Crippen molar-refractivity contribution < 1.29 is 18.4 Å². The highest BCUT2D eigenvalue weighted by Gasteiger charge is 2.36. The summed E-state index contributed by atoms with van der Waals surface area (Å²) in [6.45, 7) is 0. The van der Waals surface area contributed by atoms with Gasteiger partial charge in [-0.2, -0.15) is 0 Å². The van der Waals surface area contributed by atoms with E-state index in [-0.39, 0.29) is 5.91 Å². The van der Waals surface area contributed by atoms with Crippen molar-refractivity contribution >= 4 is 13.5 Å². The molecule has 0 fully saturated rings. The van der Waals surface area contributed by atoms with Gasteiger partial charge in [0.05, 0.1) is 0 Å². The maximum absolute atomic E-state index is 12.7. The molecule has 0 spiro atoms. The molecule has 6 nitrogen and oxygen atoms in total. The summed E-state index contributed by atoms with van der Waals surface area (Å²) < 4.78 is 22.8. The molecule has 2 aromatic rings. The van der Waals surface area contributed by atoms with Crippen LogP contribution in [0.5, 0.6) is 0 Å². The SMILES string of the molecule is COP(=O)(OC)C(NC(=O)c1ccncc1)c1ccccc1. The van der Waals surface area contributed by atoms with Crippen LogP contribution in [-0.2, 0) is 13.6 Å². The summed E-state index contributed by atoms with van der Waals surface area (Å²) >= 11 is 0. The molecule has 2 rings (SSSR count). The first kappa shape index (κ1) is 16.4. The minimum absolute atomic E-state index is 0.384. The van der Waals surface area contributed by atoms with Crippen LogP contribution in [0.15, 0.2) is 54.9 Å². The summed E-state index contributed by atoms with van der Waals surface area (Å²) in [4.78, 5) is 16.2. The molecule has 1 N–H and O–H groups in total. The first-order valence-corrected chi connectivity index (χ1v) is 8.19. The van der Waals surface area contributed by atoms with Gasteiger partial charge in [-0.1, -0.05) is 30.3 Å². The van der Waals surface area contributed by atoms with Crippen LogP contribution in [0, 0.1) is 0 Å². The van der Waals surface area contributed by atoms with Crippen LogP contribution in [0.3, 0.4) is 0 Å². The van der Waals surface area contributed by atoms with E-state index in [1.165, 1.54) is 26.6 Å². The van der Waals surface area contributed by atoms with Crippen molar-refractivity contribution in [2.24, 2.45) is 0 Å². The zero-order valence-corrected chi connectivity index (χ0v) is 13.2. The molecule has 0 saturated heterocycles. The van der Waals surface area contributed by atoms with Crippen molar-refractivity contribution in [2.75, 3.05) is 14.2 Å². The lowest BCUT2D eigenvalue weighted by Gasteiger charge is -2.25. The molecular weight excluding hydrogens is 303 g/mol. The second-order valence-corrected chi connectivity index (χ2v) is 6.75. The smallest absolute Gasteiger partial charge is 0.334 e. The van der Waals surface area contributed by atoms with E-state index in [1.807, 2.05) is 6.07 Å². The molecule has 0 aliphatic carbocycles. The van der Waals surface area contributed by atoms with E-state index < -0.39 is 13.4 Å². The number of hydrogen-bond acceptors (Lipinski definition) is 5. The Bertz CT molecular complexity index is 656. The first-order chi connectivity index (χ1) is 10.6.